The number of hydrogen-bond acceptors (Lipinski definition) is 5. The maximum absolute atomic E-state index is 17.1. The number of aryl methyl sites for hydroxylation is 2. The van der Waals surface area contributed by atoms with E-state index in [0.717, 1.165) is 66.3 Å². The van der Waals surface area contributed by atoms with E-state index in [-0.39, 0.29) is 53.1 Å². The predicted molar refractivity (Wildman–Crippen MR) is 184 cm³/mol. The summed E-state index contributed by atoms with van der Waals surface area (Å²) in [6.07, 6.45) is 5.67. The molecule has 0 radical (unpaired) electrons. The molecule has 3 aliphatic heterocycles. The van der Waals surface area contributed by atoms with Crippen LogP contribution < -0.4 is 5.32 Å². The monoisotopic (exact) mass is 685 g/mol. The van der Waals surface area contributed by atoms with Gasteiger partial charge in [0.05, 0.1) is 45.9 Å². The lowest BCUT2D eigenvalue weighted by molar-refractivity contribution is -0.134. The van der Waals surface area contributed by atoms with Crippen LogP contribution in [0.5, 0.6) is 0 Å². The SMILES string of the molecule is Cc1nc2c(F)c(-c3cccc(Cl)c3Cl)c(CCC#N)cc2c2c1cc([C@H]1C[C@H](OC3CC3C)CN1C(=O)C1CC1)n2[C@H]1[C@H]2CN[C@@H]1C2. The number of rotatable bonds is 8. The van der Waals surface area contributed by atoms with Crippen LogP contribution in [-0.4, -0.2) is 51.7 Å². The van der Waals surface area contributed by atoms with Gasteiger partial charge in [-0.05, 0) is 74.6 Å². The van der Waals surface area contributed by atoms with E-state index in [0.29, 0.717) is 52.6 Å². The van der Waals surface area contributed by atoms with Gasteiger partial charge < -0.3 is 19.5 Å². The summed E-state index contributed by atoms with van der Waals surface area (Å²) in [7, 11) is 0. The van der Waals surface area contributed by atoms with Gasteiger partial charge in [0.1, 0.15) is 5.52 Å². The Morgan fingerprint density at radius 2 is 2.00 bits per heavy atom. The molecule has 1 N–H and O–H groups in total. The Kier molecular flexibility index (Phi) is 7.33. The minimum atomic E-state index is -0.461. The van der Waals surface area contributed by atoms with Crippen molar-refractivity contribution in [1.82, 2.24) is 19.8 Å². The molecular weight excluding hydrogens is 648 g/mol. The van der Waals surface area contributed by atoms with E-state index in [1.54, 1.807) is 18.2 Å². The fourth-order valence-corrected chi connectivity index (χ4v) is 9.20. The van der Waals surface area contributed by atoms with Crippen molar-refractivity contribution in [3.05, 3.63) is 63.1 Å². The molecule has 6 fully saturated rings. The number of hydrogen-bond donors (Lipinski definition) is 1. The number of nitrogens with zero attached hydrogens (tertiary/aromatic N) is 4. The van der Waals surface area contributed by atoms with Crippen LogP contribution in [-0.2, 0) is 16.0 Å². The first kappa shape index (κ1) is 30.8. The molecule has 5 heterocycles. The lowest BCUT2D eigenvalue weighted by atomic mass is 9.79. The maximum Gasteiger partial charge on any atom is 0.226 e. The number of nitriles is 1. The van der Waals surface area contributed by atoms with Crippen LogP contribution in [0.1, 0.15) is 74.5 Å². The quantitative estimate of drug-likeness (QED) is 0.203. The van der Waals surface area contributed by atoms with Crippen molar-refractivity contribution in [3.8, 4) is 17.2 Å². The summed E-state index contributed by atoms with van der Waals surface area (Å²) < 4.78 is 26.1. The van der Waals surface area contributed by atoms with E-state index < -0.39 is 5.82 Å². The number of fused-ring (bicyclic) bond motifs is 4. The average Bonchev–Trinajstić information content (AvgIpc) is 3.74. The summed E-state index contributed by atoms with van der Waals surface area (Å²) in [5.74, 6) is 0.889. The zero-order chi connectivity index (χ0) is 33.0. The Hall–Kier alpha value is -3.22. The fourth-order valence-electron chi connectivity index (χ4n) is 8.81. The van der Waals surface area contributed by atoms with E-state index in [9.17, 15) is 10.1 Å². The molecule has 4 aromatic rings. The van der Waals surface area contributed by atoms with Gasteiger partial charge in [0, 0.05) is 71.2 Å². The zero-order valence-corrected chi connectivity index (χ0v) is 28.6. The molecular formula is C38H38Cl2FN5O2. The third-order valence-corrected chi connectivity index (χ3v) is 12.5. The maximum atomic E-state index is 17.1. The second-order valence-corrected chi connectivity index (χ2v) is 15.6. The summed E-state index contributed by atoms with van der Waals surface area (Å²) in [6, 6.07) is 12.1. The Bertz CT molecular complexity index is 2040. The van der Waals surface area contributed by atoms with E-state index >= 15 is 4.39 Å². The summed E-state index contributed by atoms with van der Waals surface area (Å²) in [5, 5.41) is 15.6. The van der Waals surface area contributed by atoms with Gasteiger partial charge in [0.2, 0.25) is 5.91 Å². The Labute approximate surface area is 289 Å². The molecule has 3 saturated heterocycles. The molecule has 2 aromatic heterocycles. The van der Waals surface area contributed by atoms with Crippen molar-refractivity contribution in [2.75, 3.05) is 13.1 Å². The molecule has 3 saturated carbocycles. The van der Waals surface area contributed by atoms with Gasteiger partial charge in [-0.3, -0.25) is 4.79 Å². The predicted octanol–water partition coefficient (Wildman–Crippen LogP) is 8.08. The highest BCUT2D eigenvalue weighted by Gasteiger charge is 2.51. The van der Waals surface area contributed by atoms with Gasteiger partial charge in [0.25, 0.3) is 0 Å². The highest BCUT2D eigenvalue weighted by atomic mass is 35.5. The first-order valence-corrected chi connectivity index (χ1v) is 18.2. The molecule has 1 amide bonds. The number of amides is 1. The lowest BCUT2D eigenvalue weighted by Gasteiger charge is -2.39. The second-order valence-electron chi connectivity index (χ2n) is 14.8. The van der Waals surface area contributed by atoms with Crippen LogP contribution in [0.2, 0.25) is 10.0 Å². The average molecular weight is 687 g/mol. The molecule has 10 rings (SSSR count). The molecule has 0 spiro atoms. The van der Waals surface area contributed by atoms with Crippen LogP contribution in [0.15, 0.2) is 30.3 Å². The van der Waals surface area contributed by atoms with Gasteiger partial charge in [-0.25, -0.2) is 9.37 Å². The van der Waals surface area contributed by atoms with Gasteiger partial charge in [-0.15, -0.1) is 0 Å². The fraction of sp³-hybridized carbons (Fsp3) is 0.500. The van der Waals surface area contributed by atoms with E-state index in [1.807, 2.05) is 13.0 Å². The third kappa shape index (κ3) is 4.80. The number of carbonyl (C=O) groups excluding carboxylic acids is 1. The molecule has 48 heavy (non-hydrogen) atoms. The topological polar surface area (TPSA) is 83.2 Å². The first-order chi connectivity index (χ1) is 23.2. The number of aromatic nitrogens is 2. The van der Waals surface area contributed by atoms with Crippen LogP contribution in [0.25, 0.3) is 32.9 Å². The van der Waals surface area contributed by atoms with Crippen LogP contribution in [0, 0.1) is 41.8 Å². The number of carbonyl (C=O) groups is 1. The molecule has 6 aliphatic rings. The molecule has 10 heteroatoms. The van der Waals surface area contributed by atoms with Gasteiger partial charge in [-0.1, -0.05) is 42.3 Å². The summed E-state index contributed by atoms with van der Waals surface area (Å²) in [5.41, 5.74) is 4.59. The number of halogens is 3. The Morgan fingerprint density at radius 3 is 2.69 bits per heavy atom. The van der Waals surface area contributed by atoms with Gasteiger partial charge >= 0.3 is 0 Å². The minimum absolute atomic E-state index is 0.00801. The smallest absolute Gasteiger partial charge is 0.226 e. The highest BCUT2D eigenvalue weighted by molar-refractivity contribution is 6.43. The van der Waals surface area contributed by atoms with Crippen molar-refractivity contribution in [2.45, 2.75) is 89.1 Å². The standard InChI is InChI=1S/C38H38Cl2FN5O2/c1-18-11-31(18)48-23-14-29(45(17-23)38(47)20-8-9-20)30-15-25-19(2)44-35-26(37(25)46(30)36-22-13-28(36)43-16-22)12-21(5-4-10-42)32(34(35)41)24-6-3-7-27(39)33(24)40/h3,6-7,12,15,18,20,22-23,28-29,31,36,43H,4-5,8-9,11,13-14,16-17H2,1-2H3/t18?,22-,23+,28-,29-,31?,36+/m1/s1. The van der Waals surface area contributed by atoms with E-state index in [1.165, 1.54) is 0 Å². The van der Waals surface area contributed by atoms with E-state index in [4.69, 9.17) is 32.9 Å². The summed E-state index contributed by atoms with van der Waals surface area (Å²) in [6.45, 7) is 5.71. The molecule has 7 atom stereocenters. The molecule has 7 nitrogen and oxygen atoms in total. The van der Waals surface area contributed by atoms with Crippen LogP contribution in [0.3, 0.4) is 0 Å². The number of pyridine rings is 1. The van der Waals surface area contributed by atoms with Crippen LogP contribution in [0.4, 0.5) is 4.39 Å². The van der Waals surface area contributed by atoms with Crippen LogP contribution >= 0.6 is 23.2 Å². The minimum Gasteiger partial charge on any atom is -0.373 e. The second kappa shape index (κ2) is 11.4. The number of nitrogens with one attached hydrogen (secondary N) is 1. The Balaban J connectivity index is 1.28. The number of likely N-dealkylation sites (tertiary alicyclic amines) is 1. The molecule has 3 aliphatic carbocycles. The lowest BCUT2D eigenvalue weighted by Crippen LogP contribution is -2.41. The van der Waals surface area contributed by atoms with Crippen molar-refractivity contribution >= 4 is 50.9 Å². The van der Waals surface area contributed by atoms with Crippen molar-refractivity contribution < 1.29 is 13.9 Å². The normalized spacial score (nSPS) is 29.1. The summed E-state index contributed by atoms with van der Waals surface area (Å²) >= 11 is 13.1. The Morgan fingerprint density at radius 1 is 1.19 bits per heavy atom. The highest BCUT2D eigenvalue weighted by Crippen LogP contribution is 2.51. The first-order valence-electron chi connectivity index (χ1n) is 17.4. The third-order valence-electron chi connectivity index (χ3n) is 11.6. The molecule has 2 aromatic carbocycles. The molecule has 2 unspecified atom stereocenters. The van der Waals surface area contributed by atoms with Gasteiger partial charge in [-0.2, -0.15) is 5.26 Å². The number of benzene rings is 2. The van der Waals surface area contributed by atoms with Crippen molar-refractivity contribution in [1.29, 1.82) is 5.26 Å². The summed E-state index contributed by atoms with van der Waals surface area (Å²) in [4.78, 5) is 20.9. The van der Waals surface area contributed by atoms with Crippen molar-refractivity contribution in [2.24, 2.45) is 17.8 Å². The zero-order valence-electron chi connectivity index (χ0n) is 27.1. The largest absolute Gasteiger partial charge is 0.373 e. The van der Waals surface area contributed by atoms with E-state index in [2.05, 4.69) is 33.8 Å². The molecule has 248 valence electrons. The molecule has 2 bridgehead atoms. The van der Waals surface area contributed by atoms with Gasteiger partial charge in [0.15, 0.2) is 5.82 Å². The van der Waals surface area contributed by atoms with Crippen molar-refractivity contribution in [3.63, 3.8) is 0 Å². The number of ether oxygens (including phenoxy) is 1.